The zero-order valence-electron chi connectivity index (χ0n) is 22.6. The zero-order valence-corrected chi connectivity index (χ0v) is 26.1. The Morgan fingerprint density at radius 2 is 1.84 bits per heavy atom. The summed E-state index contributed by atoms with van der Waals surface area (Å²) < 4.78 is 80.2. The van der Waals surface area contributed by atoms with E-state index in [1.165, 1.54) is 22.1 Å². The summed E-state index contributed by atoms with van der Waals surface area (Å²) in [6.45, 7) is -10.1. The lowest BCUT2D eigenvalue weighted by Crippen LogP contribution is -2.70. The number of hydrogen-bond donors (Lipinski definition) is 6. The van der Waals surface area contributed by atoms with Gasteiger partial charge in [-0.25, -0.2) is 28.3 Å². The minimum Gasteiger partial charge on any atom is -0.382 e. The van der Waals surface area contributed by atoms with Crippen molar-refractivity contribution in [1.82, 2.24) is 35.1 Å². The number of carbonyl (C=O) groups excluding carboxylic acids is 1. The van der Waals surface area contributed by atoms with E-state index < -0.39 is 100 Å². The summed E-state index contributed by atoms with van der Waals surface area (Å²) in [5, 5.41) is 5.38. The highest BCUT2D eigenvalue weighted by Crippen LogP contribution is 2.58. The molecule has 45 heavy (non-hydrogen) atoms. The van der Waals surface area contributed by atoms with Crippen molar-refractivity contribution in [2.24, 2.45) is 10.7 Å². The molecule has 0 aromatic carbocycles. The number of hydrogen-bond acceptors (Lipinski definition) is 17. The van der Waals surface area contributed by atoms with Gasteiger partial charge >= 0.3 is 13.5 Å². The number of aromatic nitrogens is 4. The standard InChI is InChI=1S/C20H26F2N10O9P2S2/c21-8-6-1-36-42(34,44)40-12-7(39-18(9(12)22)31-4-27-10-14(23)25-3-26-15(10)31)2-37-43(35,45)41-13(8)19(38-6)32-5-28-11-16(32)29-20(24)30-17(11)33/h3-9,11-13,16,18-20,29H,1-2,24H2,(H,30,33)(H,34,44)(H,35,45)(H2,23,25,26)/t6-,7-,8?,9+,11?,12-,13-,16?,18-,19-,20?,42?,43?/m1/s1. The molecule has 5 aliphatic rings. The van der Waals surface area contributed by atoms with Crippen molar-refractivity contribution in [3.8, 4) is 0 Å². The maximum absolute atomic E-state index is 16.0. The van der Waals surface area contributed by atoms with Crippen LogP contribution >= 0.6 is 25.8 Å². The van der Waals surface area contributed by atoms with Crippen molar-refractivity contribution in [2.75, 3.05) is 18.9 Å². The number of nitrogens with zero attached hydrogens (tertiary/aromatic N) is 6. The van der Waals surface area contributed by atoms with Crippen molar-refractivity contribution in [1.29, 1.82) is 0 Å². The second kappa shape index (κ2) is 11.6. The lowest BCUT2D eigenvalue weighted by atomic mass is 10.1. The molecule has 246 valence electrons. The molecule has 7 heterocycles. The first-order valence-electron chi connectivity index (χ1n) is 13.3. The van der Waals surface area contributed by atoms with Gasteiger partial charge in [-0.15, -0.1) is 0 Å². The van der Waals surface area contributed by atoms with E-state index in [1.54, 1.807) is 0 Å². The van der Waals surface area contributed by atoms with Gasteiger partial charge in [0, 0.05) is 0 Å². The molecular weight excluding hydrogens is 688 g/mol. The average Bonchev–Trinajstić information content (AvgIpc) is 3.72. The van der Waals surface area contributed by atoms with Crippen molar-refractivity contribution < 1.29 is 50.6 Å². The fraction of sp³-hybridized carbons (Fsp3) is 0.650. The molecule has 5 aliphatic heterocycles. The van der Waals surface area contributed by atoms with Crippen LogP contribution in [0.3, 0.4) is 0 Å². The molecule has 4 fully saturated rings. The second-order valence-corrected chi connectivity index (χ2v) is 16.2. The molecule has 4 saturated heterocycles. The van der Waals surface area contributed by atoms with Crippen LogP contribution in [-0.2, 0) is 48.7 Å². The van der Waals surface area contributed by atoms with E-state index in [4.69, 9.17) is 50.8 Å². The monoisotopic (exact) mass is 714 g/mol. The number of alkyl halides is 2. The molecule has 2 aromatic rings. The Morgan fingerprint density at radius 1 is 1.09 bits per heavy atom. The Bertz CT molecular complexity index is 1630. The van der Waals surface area contributed by atoms with E-state index in [-0.39, 0.29) is 17.0 Å². The van der Waals surface area contributed by atoms with Crippen molar-refractivity contribution in [3.05, 3.63) is 12.7 Å². The maximum atomic E-state index is 16.0. The lowest BCUT2D eigenvalue weighted by Gasteiger charge is -2.39. The van der Waals surface area contributed by atoms with E-state index in [1.807, 2.05) is 0 Å². The number of nitrogens with one attached hydrogen (secondary N) is 2. The third-order valence-electron chi connectivity index (χ3n) is 7.70. The number of thiol groups is 1. The lowest BCUT2D eigenvalue weighted by molar-refractivity contribution is -0.130. The molecule has 2 aromatic heterocycles. The zero-order chi connectivity index (χ0) is 31.8. The SMILES string of the molecule is Nc1ncnc2c1ncn2[C@@H]1O[C@@H]2COP(=O)(S)O[C@@H]3C(F)[C@@H](COP(O)(=S)O[C@H]2[C@@H]1F)O[C@H]3N1C=NC2C(=O)NC(N)NC21. The molecule has 2 bridgehead atoms. The minimum absolute atomic E-state index is 0.0455. The summed E-state index contributed by atoms with van der Waals surface area (Å²) in [6.07, 6.45) is -11.2. The van der Waals surface area contributed by atoms with Gasteiger partial charge in [0.05, 0.1) is 25.9 Å². The number of nitrogens with two attached hydrogens (primary N) is 2. The largest absolute Gasteiger partial charge is 0.386 e. The van der Waals surface area contributed by atoms with Gasteiger partial charge in [0.2, 0.25) is 0 Å². The van der Waals surface area contributed by atoms with Crippen LogP contribution in [0.4, 0.5) is 14.6 Å². The van der Waals surface area contributed by atoms with Crippen molar-refractivity contribution in [2.45, 2.75) is 67.7 Å². The van der Waals surface area contributed by atoms with Gasteiger partial charge < -0.3 is 34.8 Å². The van der Waals surface area contributed by atoms with E-state index in [2.05, 4.69) is 42.8 Å². The van der Waals surface area contributed by atoms with Gasteiger partial charge in [0.25, 0.3) is 5.91 Å². The normalized spacial score (nSPS) is 45.4. The number of fused-ring (bicyclic) bond motifs is 5. The molecule has 0 radical (unpaired) electrons. The van der Waals surface area contributed by atoms with Crippen LogP contribution in [0.5, 0.6) is 0 Å². The first kappa shape index (κ1) is 31.6. The van der Waals surface area contributed by atoms with Gasteiger partial charge in [-0.3, -0.25) is 39.0 Å². The van der Waals surface area contributed by atoms with E-state index in [0.717, 1.165) is 6.33 Å². The molecule has 7 N–H and O–H groups in total. The molecule has 25 heteroatoms. The summed E-state index contributed by atoms with van der Waals surface area (Å²) in [6, 6.07) is -0.960. The van der Waals surface area contributed by atoms with Crippen LogP contribution in [0.1, 0.15) is 6.23 Å². The highest BCUT2D eigenvalue weighted by Gasteiger charge is 2.57. The van der Waals surface area contributed by atoms with Crippen LogP contribution < -0.4 is 22.1 Å². The van der Waals surface area contributed by atoms with E-state index in [9.17, 15) is 14.3 Å². The smallest absolute Gasteiger partial charge is 0.382 e. The summed E-state index contributed by atoms with van der Waals surface area (Å²) in [7, 11) is 0. The molecule has 13 atom stereocenters. The summed E-state index contributed by atoms with van der Waals surface area (Å²) >= 11 is 9.15. The predicted octanol–water partition coefficient (Wildman–Crippen LogP) is -1.22. The summed E-state index contributed by atoms with van der Waals surface area (Å²) in [5.41, 5.74) is 12.0. The first-order chi connectivity index (χ1) is 21.3. The topological polar surface area (TPSA) is 245 Å². The number of halogens is 2. The molecule has 0 aliphatic carbocycles. The van der Waals surface area contributed by atoms with Gasteiger partial charge in [-0.1, -0.05) is 12.2 Å². The second-order valence-electron chi connectivity index (χ2n) is 10.5. The Labute approximate surface area is 262 Å². The Hall–Kier alpha value is -1.98. The Kier molecular flexibility index (Phi) is 8.16. The van der Waals surface area contributed by atoms with Crippen LogP contribution in [-0.4, -0.2) is 116 Å². The van der Waals surface area contributed by atoms with Gasteiger partial charge in [0.1, 0.15) is 48.7 Å². The fourth-order valence-corrected chi connectivity index (χ4v) is 8.55. The van der Waals surface area contributed by atoms with Crippen LogP contribution in [0, 0.1) is 0 Å². The summed E-state index contributed by atoms with van der Waals surface area (Å²) in [5.74, 6) is -0.444. The molecule has 0 spiro atoms. The maximum Gasteiger partial charge on any atom is 0.386 e. The number of carbonyl (C=O) groups is 1. The number of amides is 1. The molecule has 0 saturated carbocycles. The quantitative estimate of drug-likeness (QED) is 0.158. The fourth-order valence-electron chi connectivity index (χ4n) is 5.66. The minimum atomic E-state index is -4.46. The van der Waals surface area contributed by atoms with Crippen LogP contribution in [0.2, 0.25) is 0 Å². The van der Waals surface area contributed by atoms with Crippen LogP contribution in [0.25, 0.3) is 11.2 Å². The molecule has 1 amide bonds. The first-order valence-corrected chi connectivity index (χ1v) is 18.6. The van der Waals surface area contributed by atoms with Gasteiger partial charge in [0.15, 0.2) is 42.3 Å². The number of nitrogen functional groups attached to an aromatic ring is 1. The van der Waals surface area contributed by atoms with Gasteiger partial charge in [-0.2, -0.15) is 0 Å². The molecule has 19 nitrogen and oxygen atoms in total. The average molecular weight is 715 g/mol. The highest BCUT2D eigenvalue weighted by molar-refractivity contribution is 8.44. The molecule has 6 unspecified atom stereocenters. The number of rotatable bonds is 2. The Balaban J connectivity index is 1.16. The highest BCUT2D eigenvalue weighted by atomic mass is 32.7. The predicted molar refractivity (Wildman–Crippen MR) is 154 cm³/mol. The molecule has 7 rings (SSSR count). The third kappa shape index (κ3) is 5.77. The summed E-state index contributed by atoms with van der Waals surface area (Å²) in [4.78, 5) is 40.8. The van der Waals surface area contributed by atoms with E-state index in [0.29, 0.717) is 0 Å². The van der Waals surface area contributed by atoms with Crippen molar-refractivity contribution in [3.63, 3.8) is 0 Å². The number of anilines is 1. The number of aliphatic imine (C=N–C) groups is 1. The molecular formula is C20H26F2N10O9P2S2. The van der Waals surface area contributed by atoms with E-state index >= 15 is 8.78 Å². The number of ether oxygens (including phenoxy) is 2. The number of imidazole rings is 1. The van der Waals surface area contributed by atoms with Gasteiger partial charge in [-0.05, 0) is 11.8 Å². The third-order valence-corrected chi connectivity index (χ3v) is 10.9. The van der Waals surface area contributed by atoms with Crippen molar-refractivity contribution >= 4 is 66.8 Å². The van der Waals surface area contributed by atoms with Crippen LogP contribution in [0.15, 0.2) is 17.6 Å². The Morgan fingerprint density at radius 3 is 2.64 bits per heavy atom.